The highest BCUT2D eigenvalue weighted by Crippen LogP contribution is 2.21. The molecule has 1 atom stereocenters. The van der Waals surface area contributed by atoms with Crippen molar-refractivity contribution in [3.8, 4) is 0 Å². The molecule has 0 saturated carbocycles. The first kappa shape index (κ1) is 15.4. The van der Waals surface area contributed by atoms with E-state index in [9.17, 15) is 0 Å². The van der Waals surface area contributed by atoms with Gasteiger partial charge in [0.25, 0.3) is 0 Å². The summed E-state index contributed by atoms with van der Waals surface area (Å²) in [6.07, 6.45) is 4.31. The summed E-state index contributed by atoms with van der Waals surface area (Å²) in [4.78, 5) is 0. The van der Waals surface area contributed by atoms with Gasteiger partial charge in [0, 0.05) is 32.8 Å². The van der Waals surface area contributed by atoms with Gasteiger partial charge in [0.2, 0.25) is 0 Å². The molecule has 0 amide bonds. The maximum absolute atomic E-state index is 6.19. The zero-order valence-electron chi connectivity index (χ0n) is 10.2. The molecule has 0 aliphatic heterocycles. The second-order valence-corrected chi connectivity index (χ2v) is 7.28. The highest BCUT2D eigenvalue weighted by Gasteiger charge is 2.37. The predicted octanol–water partition coefficient (Wildman–Crippen LogP) is 3.05. The van der Waals surface area contributed by atoms with E-state index in [1.54, 1.807) is 21.3 Å². The molecule has 0 aromatic carbocycles. The zero-order valence-corrected chi connectivity index (χ0v) is 12.0. The summed E-state index contributed by atoms with van der Waals surface area (Å²) >= 11 is 6.19. The fraction of sp³-hybridized carbons (Fsp3) is 1.00. The van der Waals surface area contributed by atoms with Crippen LogP contribution in [0.3, 0.4) is 0 Å². The van der Waals surface area contributed by atoms with E-state index in [2.05, 4.69) is 6.92 Å². The van der Waals surface area contributed by atoms with E-state index in [-0.39, 0.29) is 5.38 Å². The smallest absolute Gasteiger partial charge is 0.377 e. The molecule has 0 fully saturated rings. The molecule has 5 heteroatoms. The number of halogens is 1. The molecule has 0 aliphatic carbocycles. The monoisotopic (exact) mass is 254 g/mol. The Morgan fingerprint density at radius 1 is 1.07 bits per heavy atom. The average Bonchev–Trinajstić information content (AvgIpc) is 2.29. The standard InChI is InChI=1S/C10H23ClO3Si/c1-5-6-7-10(11)8-9-15(12-2,13-3)14-4/h10H,5-9H2,1-4H3. The van der Waals surface area contributed by atoms with E-state index in [4.69, 9.17) is 24.9 Å². The Balaban J connectivity index is 3.88. The first-order valence-electron chi connectivity index (χ1n) is 5.43. The van der Waals surface area contributed by atoms with Crippen LogP contribution in [-0.2, 0) is 13.3 Å². The maximum atomic E-state index is 6.19. The van der Waals surface area contributed by atoms with E-state index in [0.29, 0.717) is 0 Å². The minimum absolute atomic E-state index is 0.206. The SMILES string of the molecule is CCCCC(Cl)CC[Si](OC)(OC)OC. The Bertz CT molecular complexity index is 145. The number of alkyl halides is 1. The van der Waals surface area contributed by atoms with Gasteiger partial charge in [-0.3, -0.25) is 0 Å². The van der Waals surface area contributed by atoms with Crippen molar-refractivity contribution in [2.24, 2.45) is 0 Å². The van der Waals surface area contributed by atoms with Crippen molar-refractivity contribution in [3.05, 3.63) is 0 Å². The first-order valence-corrected chi connectivity index (χ1v) is 7.80. The highest BCUT2D eigenvalue weighted by molar-refractivity contribution is 6.60. The van der Waals surface area contributed by atoms with E-state index in [1.165, 1.54) is 12.8 Å². The van der Waals surface area contributed by atoms with Gasteiger partial charge in [-0.1, -0.05) is 19.8 Å². The van der Waals surface area contributed by atoms with Gasteiger partial charge in [-0.05, 0) is 12.8 Å². The lowest BCUT2D eigenvalue weighted by Crippen LogP contribution is -2.43. The Morgan fingerprint density at radius 3 is 2.00 bits per heavy atom. The molecule has 15 heavy (non-hydrogen) atoms. The number of hydrogen-bond acceptors (Lipinski definition) is 3. The maximum Gasteiger partial charge on any atom is 0.500 e. The summed E-state index contributed by atoms with van der Waals surface area (Å²) in [5.41, 5.74) is 0. The number of rotatable bonds is 9. The van der Waals surface area contributed by atoms with Gasteiger partial charge in [-0.2, -0.15) is 0 Å². The molecule has 92 valence electrons. The average molecular weight is 255 g/mol. The van der Waals surface area contributed by atoms with Crippen molar-refractivity contribution in [1.29, 1.82) is 0 Å². The third-order valence-electron chi connectivity index (χ3n) is 2.57. The Hall–Kier alpha value is 0.387. The van der Waals surface area contributed by atoms with Gasteiger partial charge >= 0.3 is 8.80 Å². The quantitative estimate of drug-likeness (QED) is 0.468. The molecule has 3 nitrogen and oxygen atoms in total. The Labute approximate surface area is 99.4 Å². The van der Waals surface area contributed by atoms with E-state index in [1.807, 2.05) is 0 Å². The molecule has 0 heterocycles. The third-order valence-corrected chi connectivity index (χ3v) is 5.77. The Kier molecular flexibility index (Phi) is 8.75. The van der Waals surface area contributed by atoms with Crippen LogP contribution in [0.1, 0.15) is 32.6 Å². The largest absolute Gasteiger partial charge is 0.500 e. The molecule has 0 saturated heterocycles. The van der Waals surface area contributed by atoms with Crippen LogP contribution in [0.4, 0.5) is 0 Å². The van der Waals surface area contributed by atoms with Crippen LogP contribution in [0.5, 0.6) is 0 Å². The van der Waals surface area contributed by atoms with Crippen LogP contribution in [0.15, 0.2) is 0 Å². The van der Waals surface area contributed by atoms with Gasteiger partial charge in [0.05, 0.1) is 0 Å². The fourth-order valence-electron chi connectivity index (χ4n) is 1.46. The molecule has 0 N–H and O–H groups in total. The predicted molar refractivity (Wildman–Crippen MR) is 65.4 cm³/mol. The molecule has 0 spiro atoms. The van der Waals surface area contributed by atoms with Crippen molar-refractivity contribution in [2.45, 2.75) is 44.0 Å². The van der Waals surface area contributed by atoms with Crippen molar-refractivity contribution >= 4 is 20.4 Å². The summed E-state index contributed by atoms with van der Waals surface area (Å²) in [7, 11) is 2.50. The molecule has 0 aromatic heterocycles. The lowest BCUT2D eigenvalue weighted by molar-refractivity contribution is 0.123. The van der Waals surface area contributed by atoms with Gasteiger partial charge in [-0.15, -0.1) is 11.6 Å². The fourth-order valence-corrected chi connectivity index (χ4v) is 3.72. The summed E-state index contributed by atoms with van der Waals surface area (Å²) in [6.45, 7) is 2.17. The second kappa shape index (κ2) is 8.53. The zero-order chi connectivity index (χ0) is 11.7. The van der Waals surface area contributed by atoms with Gasteiger partial charge in [-0.25, -0.2) is 0 Å². The topological polar surface area (TPSA) is 27.7 Å². The van der Waals surface area contributed by atoms with Crippen molar-refractivity contribution < 1.29 is 13.3 Å². The molecule has 0 aliphatic rings. The van der Waals surface area contributed by atoms with Crippen LogP contribution < -0.4 is 0 Å². The summed E-state index contributed by atoms with van der Waals surface area (Å²) in [5.74, 6) is 0. The molecule has 0 bridgehead atoms. The van der Waals surface area contributed by atoms with E-state index in [0.717, 1.165) is 18.9 Å². The van der Waals surface area contributed by atoms with Crippen LogP contribution in [0.2, 0.25) is 6.04 Å². The second-order valence-electron chi connectivity index (χ2n) is 3.57. The molecular weight excluding hydrogens is 232 g/mol. The molecular formula is C10H23ClO3Si. The van der Waals surface area contributed by atoms with Crippen molar-refractivity contribution in [2.75, 3.05) is 21.3 Å². The van der Waals surface area contributed by atoms with Crippen LogP contribution >= 0.6 is 11.6 Å². The first-order chi connectivity index (χ1) is 7.14. The third kappa shape index (κ3) is 5.87. The van der Waals surface area contributed by atoms with Gasteiger partial charge < -0.3 is 13.3 Å². The lowest BCUT2D eigenvalue weighted by atomic mass is 10.2. The molecule has 0 rings (SSSR count). The van der Waals surface area contributed by atoms with Gasteiger partial charge in [0.1, 0.15) is 0 Å². The molecule has 1 unspecified atom stereocenters. The van der Waals surface area contributed by atoms with Crippen LogP contribution in [-0.4, -0.2) is 35.5 Å². The van der Waals surface area contributed by atoms with Crippen molar-refractivity contribution in [1.82, 2.24) is 0 Å². The van der Waals surface area contributed by atoms with Gasteiger partial charge in [0.15, 0.2) is 0 Å². The summed E-state index contributed by atoms with van der Waals surface area (Å²) in [6, 6.07) is 0.786. The van der Waals surface area contributed by atoms with Crippen molar-refractivity contribution in [3.63, 3.8) is 0 Å². The number of unbranched alkanes of at least 4 members (excludes halogenated alkanes) is 1. The lowest BCUT2D eigenvalue weighted by Gasteiger charge is -2.25. The molecule has 0 aromatic rings. The minimum atomic E-state index is -2.40. The summed E-state index contributed by atoms with van der Waals surface area (Å²) in [5, 5.41) is 0.206. The normalized spacial score (nSPS) is 14.2. The number of hydrogen-bond donors (Lipinski definition) is 0. The minimum Gasteiger partial charge on any atom is -0.377 e. The van der Waals surface area contributed by atoms with Crippen LogP contribution in [0, 0.1) is 0 Å². The van der Waals surface area contributed by atoms with E-state index < -0.39 is 8.80 Å². The summed E-state index contributed by atoms with van der Waals surface area (Å²) < 4.78 is 16.0. The van der Waals surface area contributed by atoms with E-state index >= 15 is 0 Å². The highest BCUT2D eigenvalue weighted by atomic mass is 35.5. The van der Waals surface area contributed by atoms with Crippen LogP contribution in [0.25, 0.3) is 0 Å². The molecule has 0 radical (unpaired) electrons. The Morgan fingerprint density at radius 2 is 1.60 bits per heavy atom.